The molecule has 0 radical (unpaired) electrons. The van der Waals surface area contributed by atoms with Crippen molar-refractivity contribution in [2.24, 2.45) is 11.7 Å². The molecule has 1 aromatic rings. The molecule has 1 aliphatic rings. The molecular formula is C11H19N3. The van der Waals surface area contributed by atoms with Crippen LogP contribution >= 0.6 is 0 Å². The first-order valence-electron chi connectivity index (χ1n) is 5.58. The Morgan fingerprint density at radius 2 is 2.43 bits per heavy atom. The number of imidazole rings is 1. The van der Waals surface area contributed by atoms with E-state index in [1.54, 1.807) is 0 Å². The molecule has 1 saturated carbocycles. The van der Waals surface area contributed by atoms with E-state index in [0.29, 0.717) is 0 Å². The quantitative estimate of drug-likeness (QED) is 0.778. The standard InChI is InChI=1S/C11H19N3/c1-2-6-14-7-5-13-11(14)10(12)8-9-3-4-9/h5,7,9-10H,2-4,6,8,12H2,1H3. The van der Waals surface area contributed by atoms with E-state index in [-0.39, 0.29) is 6.04 Å². The molecular weight excluding hydrogens is 174 g/mol. The molecule has 0 amide bonds. The number of nitrogens with two attached hydrogens (primary N) is 1. The van der Waals surface area contributed by atoms with Crippen molar-refractivity contribution in [3.8, 4) is 0 Å². The van der Waals surface area contributed by atoms with Gasteiger partial charge in [-0.25, -0.2) is 4.98 Å². The van der Waals surface area contributed by atoms with Crippen LogP contribution in [0.4, 0.5) is 0 Å². The minimum Gasteiger partial charge on any atom is -0.334 e. The largest absolute Gasteiger partial charge is 0.334 e. The first-order valence-corrected chi connectivity index (χ1v) is 5.58. The summed E-state index contributed by atoms with van der Waals surface area (Å²) in [6.45, 7) is 3.21. The van der Waals surface area contributed by atoms with Gasteiger partial charge >= 0.3 is 0 Å². The summed E-state index contributed by atoms with van der Waals surface area (Å²) in [4.78, 5) is 4.35. The molecule has 1 fully saturated rings. The highest BCUT2D eigenvalue weighted by Gasteiger charge is 2.26. The molecule has 3 nitrogen and oxygen atoms in total. The van der Waals surface area contributed by atoms with Crippen LogP contribution in [0.1, 0.15) is 44.5 Å². The van der Waals surface area contributed by atoms with E-state index < -0.39 is 0 Å². The maximum Gasteiger partial charge on any atom is 0.125 e. The minimum absolute atomic E-state index is 0.143. The Morgan fingerprint density at radius 1 is 1.64 bits per heavy atom. The van der Waals surface area contributed by atoms with Crippen molar-refractivity contribution in [2.75, 3.05) is 0 Å². The topological polar surface area (TPSA) is 43.8 Å². The summed E-state index contributed by atoms with van der Waals surface area (Å²) in [5.74, 6) is 1.94. The number of nitrogens with zero attached hydrogens (tertiary/aromatic N) is 2. The lowest BCUT2D eigenvalue weighted by atomic mass is 10.1. The van der Waals surface area contributed by atoms with Crippen molar-refractivity contribution in [1.29, 1.82) is 0 Å². The lowest BCUT2D eigenvalue weighted by Gasteiger charge is -2.12. The highest BCUT2D eigenvalue weighted by Crippen LogP contribution is 2.36. The molecule has 1 unspecified atom stereocenters. The summed E-state index contributed by atoms with van der Waals surface area (Å²) in [5.41, 5.74) is 6.13. The van der Waals surface area contributed by atoms with Gasteiger partial charge < -0.3 is 10.3 Å². The lowest BCUT2D eigenvalue weighted by molar-refractivity contribution is 0.524. The van der Waals surface area contributed by atoms with Crippen molar-refractivity contribution < 1.29 is 0 Å². The normalized spacial score (nSPS) is 18.4. The minimum atomic E-state index is 0.143. The van der Waals surface area contributed by atoms with Crippen LogP contribution in [0.15, 0.2) is 12.4 Å². The van der Waals surface area contributed by atoms with Gasteiger partial charge in [-0.05, 0) is 18.8 Å². The van der Waals surface area contributed by atoms with Crippen LogP contribution < -0.4 is 5.73 Å². The average molecular weight is 193 g/mol. The molecule has 1 aromatic heterocycles. The molecule has 1 atom stereocenters. The van der Waals surface area contributed by atoms with Crippen LogP contribution in [0.25, 0.3) is 0 Å². The Kier molecular flexibility index (Phi) is 2.87. The monoisotopic (exact) mass is 193 g/mol. The molecule has 2 N–H and O–H groups in total. The predicted molar refractivity (Wildman–Crippen MR) is 56.8 cm³/mol. The van der Waals surface area contributed by atoms with Crippen LogP contribution in [0.2, 0.25) is 0 Å². The Hall–Kier alpha value is -0.830. The van der Waals surface area contributed by atoms with Crippen molar-refractivity contribution in [3.05, 3.63) is 18.2 Å². The van der Waals surface area contributed by atoms with E-state index in [2.05, 4.69) is 16.5 Å². The molecule has 0 saturated heterocycles. The third-order valence-corrected chi connectivity index (χ3v) is 2.83. The number of hydrogen-bond donors (Lipinski definition) is 1. The first kappa shape index (κ1) is 9.71. The molecule has 0 aliphatic heterocycles. The van der Waals surface area contributed by atoms with Gasteiger partial charge in [0.2, 0.25) is 0 Å². The van der Waals surface area contributed by atoms with Gasteiger partial charge in [0.1, 0.15) is 5.82 Å². The van der Waals surface area contributed by atoms with Gasteiger partial charge in [0.05, 0.1) is 6.04 Å². The summed E-state index contributed by atoms with van der Waals surface area (Å²) < 4.78 is 2.19. The van der Waals surface area contributed by atoms with Gasteiger partial charge in [0, 0.05) is 18.9 Å². The Labute approximate surface area is 85.3 Å². The molecule has 1 aliphatic carbocycles. The summed E-state index contributed by atoms with van der Waals surface area (Å²) >= 11 is 0. The second kappa shape index (κ2) is 4.13. The van der Waals surface area contributed by atoms with Crippen molar-refractivity contribution in [2.45, 2.75) is 45.2 Å². The Morgan fingerprint density at radius 3 is 3.07 bits per heavy atom. The average Bonchev–Trinajstić information content (AvgIpc) is 2.83. The lowest BCUT2D eigenvalue weighted by Crippen LogP contribution is -2.17. The second-order valence-electron chi connectivity index (χ2n) is 4.26. The SMILES string of the molecule is CCCn1ccnc1C(N)CC1CC1. The van der Waals surface area contributed by atoms with E-state index in [4.69, 9.17) is 5.73 Å². The van der Waals surface area contributed by atoms with Gasteiger partial charge in [-0.15, -0.1) is 0 Å². The number of aryl methyl sites for hydroxylation is 1. The highest BCUT2D eigenvalue weighted by molar-refractivity contribution is 5.00. The van der Waals surface area contributed by atoms with E-state index in [9.17, 15) is 0 Å². The number of hydrogen-bond acceptors (Lipinski definition) is 2. The Bertz CT molecular complexity index is 288. The van der Waals surface area contributed by atoms with Crippen LogP contribution in [0.5, 0.6) is 0 Å². The molecule has 78 valence electrons. The van der Waals surface area contributed by atoms with E-state index >= 15 is 0 Å². The van der Waals surface area contributed by atoms with E-state index in [0.717, 1.165) is 31.1 Å². The molecule has 0 spiro atoms. The van der Waals surface area contributed by atoms with Crippen molar-refractivity contribution >= 4 is 0 Å². The van der Waals surface area contributed by atoms with Gasteiger partial charge in [-0.3, -0.25) is 0 Å². The predicted octanol–water partition coefficient (Wildman–Crippen LogP) is 2.09. The van der Waals surface area contributed by atoms with Gasteiger partial charge in [-0.1, -0.05) is 19.8 Å². The first-order chi connectivity index (χ1) is 6.81. The van der Waals surface area contributed by atoms with Crippen LogP contribution in [0.3, 0.4) is 0 Å². The zero-order valence-electron chi connectivity index (χ0n) is 8.82. The number of rotatable bonds is 5. The van der Waals surface area contributed by atoms with Gasteiger partial charge in [-0.2, -0.15) is 0 Å². The Balaban J connectivity index is 2.00. The van der Waals surface area contributed by atoms with Crippen LogP contribution in [0, 0.1) is 5.92 Å². The third kappa shape index (κ3) is 2.15. The summed E-state index contributed by atoms with van der Waals surface area (Å²) in [7, 11) is 0. The maximum absolute atomic E-state index is 6.13. The van der Waals surface area contributed by atoms with Crippen molar-refractivity contribution in [1.82, 2.24) is 9.55 Å². The fourth-order valence-corrected chi connectivity index (χ4v) is 1.90. The summed E-state index contributed by atoms with van der Waals surface area (Å²) in [6.07, 6.45) is 8.87. The second-order valence-corrected chi connectivity index (χ2v) is 4.26. The molecule has 0 bridgehead atoms. The van der Waals surface area contributed by atoms with Crippen molar-refractivity contribution in [3.63, 3.8) is 0 Å². The smallest absolute Gasteiger partial charge is 0.125 e. The molecule has 14 heavy (non-hydrogen) atoms. The fraction of sp³-hybridized carbons (Fsp3) is 0.727. The van der Waals surface area contributed by atoms with Gasteiger partial charge in [0.15, 0.2) is 0 Å². The molecule has 0 aromatic carbocycles. The summed E-state index contributed by atoms with van der Waals surface area (Å²) in [5, 5.41) is 0. The van der Waals surface area contributed by atoms with Gasteiger partial charge in [0.25, 0.3) is 0 Å². The van der Waals surface area contributed by atoms with E-state index in [1.165, 1.54) is 12.8 Å². The fourth-order valence-electron chi connectivity index (χ4n) is 1.90. The van der Waals surface area contributed by atoms with Crippen LogP contribution in [-0.2, 0) is 6.54 Å². The number of aromatic nitrogens is 2. The highest BCUT2D eigenvalue weighted by atomic mass is 15.1. The summed E-state index contributed by atoms with van der Waals surface area (Å²) in [6, 6.07) is 0.143. The van der Waals surface area contributed by atoms with E-state index in [1.807, 2.05) is 12.4 Å². The molecule has 3 heteroatoms. The zero-order valence-corrected chi connectivity index (χ0v) is 8.82. The molecule has 1 heterocycles. The maximum atomic E-state index is 6.13. The molecule has 2 rings (SSSR count). The van der Waals surface area contributed by atoms with Crippen LogP contribution in [-0.4, -0.2) is 9.55 Å². The third-order valence-electron chi connectivity index (χ3n) is 2.83. The zero-order chi connectivity index (χ0) is 9.97.